The molecule has 4 heteroatoms. The Bertz CT molecular complexity index is 347. The van der Waals surface area contributed by atoms with Crippen molar-refractivity contribution in [2.75, 3.05) is 33.4 Å². The summed E-state index contributed by atoms with van der Waals surface area (Å²) in [5.74, 6) is 0.906. The number of benzene rings is 1. The highest BCUT2D eigenvalue weighted by Crippen LogP contribution is 2.13. The SMILES string of the molecule is CN(CCOc1ccc(CN)cc1)C1CCOC1. The first-order valence-corrected chi connectivity index (χ1v) is 6.49. The normalized spacial score (nSPS) is 19.4. The third-order valence-electron chi connectivity index (χ3n) is 3.40. The Labute approximate surface area is 109 Å². The first-order valence-electron chi connectivity index (χ1n) is 6.49. The molecule has 2 rings (SSSR count). The zero-order chi connectivity index (χ0) is 12.8. The first kappa shape index (κ1) is 13.3. The van der Waals surface area contributed by atoms with Gasteiger partial charge < -0.3 is 15.2 Å². The van der Waals surface area contributed by atoms with Gasteiger partial charge in [0.2, 0.25) is 0 Å². The summed E-state index contributed by atoms with van der Waals surface area (Å²) in [4.78, 5) is 2.31. The van der Waals surface area contributed by atoms with E-state index in [1.54, 1.807) is 0 Å². The van der Waals surface area contributed by atoms with E-state index in [0.717, 1.165) is 37.5 Å². The van der Waals surface area contributed by atoms with Crippen LogP contribution < -0.4 is 10.5 Å². The minimum absolute atomic E-state index is 0.549. The highest BCUT2D eigenvalue weighted by molar-refractivity contribution is 5.27. The molecule has 0 aliphatic carbocycles. The predicted molar refractivity (Wildman–Crippen MR) is 71.7 cm³/mol. The molecule has 1 unspecified atom stereocenters. The van der Waals surface area contributed by atoms with Gasteiger partial charge in [0, 0.05) is 25.7 Å². The Hall–Kier alpha value is -1.10. The first-order chi connectivity index (χ1) is 8.79. The lowest BCUT2D eigenvalue weighted by Gasteiger charge is -2.22. The van der Waals surface area contributed by atoms with E-state index in [0.29, 0.717) is 19.2 Å². The summed E-state index contributed by atoms with van der Waals surface area (Å²) < 4.78 is 11.1. The largest absolute Gasteiger partial charge is 0.492 e. The number of nitrogens with two attached hydrogens (primary N) is 1. The molecule has 1 aromatic carbocycles. The topological polar surface area (TPSA) is 47.7 Å². The average Bonchev–Trinajstić information content (AvgIpc) is 2.93. The Kier molecular flexibility index (Phi) is 4.99. The van der Waals surface area contributed by atoms with Crippen LogP contribution in [-0.4, -0.2) is 44.4 Å². The van der Waals surface area contributed by atoms with Crippen LogP contribution in [0.15, 0.2) is 24.3 Å². The van der Waals surface area contributed by atoms with Gasteiger partial charge >= 0.3 is 0 Å². The van der Waals surface area contributed by atoms with Crippen molar-refractivity contribution in [3.05, 3.63) is 29.8 Å². The van der Waals surface area contributed by atoms with Crippen molar-refractivity contribution in [1.82, 2.24) is 4.90 Å². The Morgan fingerprint density at radius 1 is 1.39 bits per heavy atom. The molecule has 1 atom stereocenters. The zero-order valence-electron chi connectivity index (χ0n) is 11.0. The molecule has 18 heavy (non-hydrogen) atoms. The second-order valence-corrected chi connectivity index (χ2v) is 4.69. The number of rotatable bonds is 6. The van der Waals surface area contributed by atoms with E-state index < -0.39 is 0 Å². The molecule has 1 saturated heterocycles. The van der Waals surface area contributed by atoms with Crippen molar-refractivity contribution in [1.29, 1.82) is 0 Å². The predicted octanol–water partition coefficient (Wildman–Crippen LogP) is 1.24. The van der Waals surface area contributed by atoms with Crippen LogP contribution >= 0.6 is 0 Å². The van der Waals surface area contributed by atoms with Crippen LogP contribution in [-0.2, 0) is 11.3 Å². The maximum atomic E-state index is 5.71. The standard InChI is InChI=1S/C14H22N2O2/c1-16(13-6-8-17-11-13)7-9-18-14-4-2-12(10-15)3-5-14/h2-5,13H,6-11,15H2,1H3. The zero-order valence-corrected chi connectivity index (χ0v) is 11.0. The van der Waals surface area contributed by atoms with Gasteiger partial charge in [-0.05, 0) is 31.2 Å². The quantitative estimate of drug-likeness (QED) is 0.825. The van der Waals surface area contributed by atoms with Crippen LogP contribution in [0.2, 0.25) is 0 Å². The molecule has 100 valence electrons. The second kappa shape index (κ2) is 6.73. The second-order valence-electron chi connectivity index (χ2n) is 4.69. The molecule has 4 nitrogen and oxygen atoms in total. The molecule has 0 radical (unpaired) electrons. The van der Waals surface area contributed by atoms with E-state index in [1.807, 2.05) is 24.3 Å². The van der Waals surface area contributed by atoms with Crippen LogP contribution in [0.3, 0.4) is 0 Å². The van der Waals surface area contributed by atoms with Gasteiger partial charge in [0.1, 0.15) is 12.4 Å². The summed E-state index contributed by atoms with van der Waals surface area (Å²) in [5.41, 5.74) is 6.68. The van der Waals surface area contributed by atoms with E-state index in [4.69, 9.17) is 15.2 Å². The van der Waals surface area contributed by atoms with Gasteiger partial charge in [-0.3, -0.25) is 4.90 Å². The van der Waals surface area contributed by atoms with Gasteiger partial charge in [0.15, 0.2) is 0 Å². The molecule has 2 N–H and O–H groups in total. The summed E-state index contributed by atoms with van der Waals surface area (Å²) in [6, 6.07) is 8.50. The van der Waals surface area contributed by atoms with Gasteiger partial charge in [-0.2, -0.15) is 0 Å². The van der Waals surface area contributed by atoms with E-state index in [-0.39, 0.29) is 0 Å². The molecule has 0 saturated carbocycles. The van der Waals surface area contributed by atoms with Crippen molar-refractivity contribution in [3.8, 4) is 5.75 Å². The lowest BCUT2D eigenvalue weighted by atomic mass is 10.2. The maximum absolute atomic E-state index is 5.71. The number of nitrogens with zero attached hydrogens (tertiary/aromatic N) is 1. The van der Waals surface area contributed by atoms with E-state index in [9.17, 15) is 0 Å². The molecule has 1 aliphatic rings. The van der Waals surface area contributed by atoms with Gasteiger partial charge in [-0.25, -0.2) is 0 Å². The molecule has 0 aromatic heterocycles. The van der Waals surface area contributed by atoms with Gasteiger partial charge in [0.25, 0.3) is 0 Å². The molecule has 1 aliphatic heterocycles. The van der Waals surface area contributed by atoms with Crippen molar-refractivity contribution in [3.63, 3.8) is 0 Å². The van der Waals surface area contributed by atoms with Crippen molar-refractivity contribution in [2.45, 2.75) is 19.0 Å². The number of ether oxygens (including phenoxy) is 2. The van der Waals surface area contributed by atoms with Crippen molar-refractivity contribution < 1.29 is 9.47 Å². The van der Waals surface area contributed by atoms with Gasteiger partial charge in [-0.1, -0.05) is 12.1 Å². The molecule has 0 amide bonds. The molecule has 0 spiro atoms. The maximum Gasteiger partial charge on any atom is 0.119 e. The average molecular weight is 250 g/mol. The Balaban J connectivity index is 1.70. The summed E-state index contributed by atoms with van der Waals surface area (Å²) in [6.07, 6.45) is 1.13. The van der Waals surface area contributed by atoms with Crippen LogP contribution in [0.25, 0.3) is 0 Å². The lowest BCUT2D eigenvalue weighted by Crippen LogP contribution is -2.35. The summed E-state index contributed by atoms with van der Waals surface area (Å²) in [7, 11) is 2.13. The van der Waals surface area contributed by atoms with Crippen molar-refractivity contribution in [2.24, 2.45) is 5.73 Å². The highest BCUT2D eigenvalue weighted by atomic mass is 16.5. The fourth-order valence-corrected chi connectivity index (χ4v) is 2.08. The highest BCUT2D eigenvalue weighted by Gasteiger charge is 2.19. The lowest BCUT2D eigenvalue weighted by molar-refractivity contribution is 0.147. The van der Waals surface area contributed by atoms with E-state index >= 15 is 0 Å². The fourth-order valence-electron chi connectivity index (χ4n) is 2.08. The van der Waals surface area contributed by atoms with E-state index in [2.05, 4.69) is 11.9 Å². The van der Waals surface area contributed by atoms with Gasteiger partial charge in [0.05, 0.1) is 6.61 Å². The molecule has 1 fully saturated rings. The number of hydrogen-bond donors (Lipinski definition) is 1. The molecule has 1 heterocycles. The third kappa shape index (κ3) is 3.70. The summed E-state index contributed by atoms with van der Waals surface area (Å²) in [5, 5.41) is 0. The number of likely N-dealkylation sites (N-methyl/N-ethyl adjacent to an activating group) is 1. The molecular formula is C14H22N2O2. The summed E-state index contributed by atoms with van der Waals surface area (Å²) >= 11 is 0. The summed E-state index contributed by atoms with van der Waals surface area (Å²) in [6.45, 7) is 3.93. The Morgan fingerprint density at radius 3 is 2.78 bits per heavy atom. The van der Waals surface area contributed by atoms with Crippen molar-refractivity contribution >= 4 is 0 Å². The number of hydrogen-bond acceptors (Lipinski definition) is 4. The Morgan fingerprint density at radius 2 is 2.17 bits per heavy atom. The van der Waals surface area contributed by atoms with Crippen LogP contribution in [0.5, 0.6) is 5.75 Å². The minimum atomic E-state index is 0.549. The van der Waals surface area contributed by atoms with Crippen LogP contribution in [0.1, 0.15) is 12.0 Å². The van der Waals surface area contributed by atoms with E-state index in [1.165, 1.54) is 0 Å². The van der Waals surface area contributed by atoms with Crippen LogP contribution in [0.4, 0.5) is 0 Å². The monoisotopic (exact) mass is 250 g/mol. The molecule has 1 aromatic rings. The minimum Gasteiger partial charge on any atom is -0.492 e. The van der Waals surface area contributed by atoms with Gasteiger partial charge in [-0.15, -0.1) is 0 Å². The molecular weight excluding hydrogens is 228 g/mol. The smallest absolute Gasteiger partial charge is 0.119 e. The third-order valence-corrected chi connectivity index (χ3v) is 3.40. The molecule has 0 bridgehead atoms. The van der Waals surface area contributed by atoms with Crippen LogP contribution in [0, 0.1) is 0 Å². The fraction of sp³-hybridized carbons (Fsp3) is 0.571.